The van der Waals surface area contributed by atoms with Gasteiger partial charge in [-0.3, -0.25) is 19.3 Å². The van der Waals surface area contributed by atoms with Crippen molar-refractivity contribution in [3.05, 3.63) is 41.4 Å². The van der Waals surface area contributed by atoms with E-state index in [1.165, 1.54) is 0 Å². The summed E-state index contributed by atoms with van der Waals surface area (Å²) in [4.78, 5) is 51.7. The molecular formula is C22H25ClN2O5. The zero-order valence-electron chi connectivity index (χ0n) is 17.0. The van der Waals surface area contributed by atoms with Gasteiger partial charge >= 0.3 is 5.97 Å². The molecule has 8 heteroatoms. The van der Waals surface area contributed by atoms with Crippen LogP contribution < -0.4 is 5.32 Å². The fourth-order valence-electron chi connectivity index (χ4n) is 3.88. The van der Waals surface area contributed by atoms with Gasteiger partial charge in [0.25, 0.3) is 5.91 Å². The molecule has 1 aliphatic heterocycles. The summed E-state index contributed by atoms with van der Waals surface area (Å²) in [6, 6.07) is 5.55. The third-order valence-electron chi connectivity index (χ3n) is 5.27. The molecule has 1 aromatic carbocycles. The third-order valence-corrected chi connectivity index (χ3v) is 5.51. The van der Waals surface area contributed by atoms with Crippen LogP contribution in [0.15, 0.2) is 36.4 Å². The number of nitrogens with zero attached hydrogens (tertiary/aromatic N) is 1. The average Bonchev–Trinajstić information content (AvgIpc) is 2.95. The van der Waals surface area contributed by atoms with Gasteiger partial charge in [0.15, 0.2) is 6.61 Å². The maximum Gasteiger partial charge on any atom is 0.329 e. The van der Waals surface area contributed by atoms with Crippen molar-refractivity contribution >= 4 is 41.0 Å². The first-order valence-electron chi connectivity index (χ1n) is 10.0. The van der Waals surface area contributed by atoms with Crippen molar-refractivity contribution in [2.75, 3.05) is 11.9 Å². The number of esters is 1. The lowest BCUT2D eigenvalue weighted by Crippen LogP contribution is -2.47. The van der Waals surface area contributed by atoms with Crippen molar-refractivity contribution in [3.8, 4) is 0 Å². The summed E-state index contributed by atoms with van der Waals surface area (Å²) >= 11 is 5.89. The van der Waals surface area contributed by atoms with Gasteiger partial charge in [0, 0.05) is 10.7 Å². The van der Waals surface area contributed by atoms with Crippen molar-refractivity contribution in [3.63, 3.8) is 0 Å². The number of fused-ring (bicyclic) bond motifs is 1. The van der Waals surface area contributed by atoms with Gasteiger partial charge in [-0.2, -0.15) is 0 Å². The molecule has 30 heavy (non-hydrogen) atoms. The van der Waals surface area contributed by atoms with E-state index in [2.05, 4.69) is 5.32 Å². The van der Waals surface area contributed by atoms with Gasteiger partial charge in [-0.05, 0) is 43.4 Å². The molecule has 160 valence electrons. The normalized spacial score (nSPS) is 21.5. The Bertz CT molecular complexity index is 856. The van der Waals surface area contributed by atoms with E-state index in [0.29, 0.717) is 23.6 Å². The number of anilines is 1. The first-order valence-corrected chi connectivity index (χ1v) is 10.4. The smallest absolute Gasteiger partial charge is 0.329 e. The Hall–Kier alpha value is -2.67. The van der Waals surface area contributed by atoms with Crippen LogP contribution >= 0.6 is 11.6 Å². The molecule has 0 radical (unpaired) electrons. The minimum absolute atomic E-state index is 0.0455. The van der Waals surface area contributed by atoms with E-state index >= 15 is 0 Å². The third kappa shape index (κ3) is 4.90. The summed E-state index contributed by atoms with van der Waals surface area (Å²) in [5.74, 6) is -2.75. The topological polar surface area (TPSA) is 92.8 Å². The molecular weight excluding hydrogens is 408 g/mol. The van der Waals surface area contributed by atoms with Gasteiger partial charge in [0.2, 0.25) is 11.8 Å². The number of halogens is 1. The quantitative estimate of drug-likeness (QED) is 0.406. The zero-order valence-corrected chi connectivity index (χ0v) is 17.7. The molecule has 0 spiro atoms. The number of hydrogen-bond donors (Lipinski definition) is 1. The van der Waals surface area contributed by atoms with Crippen LogP contribution in [0.2, 0.25) is 5.02 Å². The van der Waals surface area contributed by atoms with Crippen molar-refractivity contribution < 1.29 is 23.9 Å². The van der Waals surface area contributed by atoms with E-state index < -0.39 is 36.4 Å². The number of hydrogen-bond acceptors (Lipinski definition) is 5. The van der Waals surface area contributed by atoms with Crippen LogP contribution in [0.3, 0.4) is 0 Å². The predicted molar refractivity (Wildman–Crippen MR) is 111 cm³/mol. The molecule has 3 atom stereocenters. The molecule has 0 saturated carbocycles. The summed E-state index contributed by atoms with van der Waals surface area (Å²) in [6.45, 7) is 3.27. The molecule has 3 unspecified atom stereocenters. The zero-order chi connectivity index (χ0) is 21.8. The second-order valence-corrected chi connectivity index (χ2v) is 8.45. The maximum atomic E-state index is 12.9. The van der Waals surface area contributed by atoms with E-state index in [9.17, 15) is 19.2 Å². The molecule has 1 fully saturated rings. The fourth-order valence-corrected chi connectivity index (χ4v) is 4.07. The minimum Gasteiger partial charge on any atom is -0.454 e. The Morgan fingerprint density at radius 2 is 1.80 bits per heavy atom. The molecule has 2 aliphatic rings. The highest BCUT2D eigenvalue weighted by Gasteiger charge is 2.51. The average molecular weight is 433 g/mol. The Morgan fingerprint density at radius 3 is 2.37 bits per heavy atom. The second kappa shape index (κ2) is 9.43. The number of nitrogens with one attached hydrogen (secondary N) is 1. The maximum absolute atomic E-state index is 12.9. The number of rotatable bonds is 7. The molecule has 1 aromatic rings. The molecule has 0 bridgehead atoms. The number of imide groups is 1. The van der Waals surface area contributed by atoms with Gasteiger partial charge < -0.3 is 10.1 Å². The van der Waals surface area contributed by atoms with Crippen molar-refractivity contribution in [1.29, 1.82) is 0 Å². The Kier molecular flexibility index (Phi) is 6.92. The van der Waals surface area contributed by atoms with Crippen molar-refractivity contribution in [2.24, 2.45) is 17.8 Å². The molecule has 1 aliphatic carbocycles. The summed E-state index contributed by atoms with van der Waals surface area (Å²) in [6.07, 6.45) is 5.06. The molecule has 1 N–H and O–H groups in total. The summed E-state index contributed by atoms with van der Waals surface area (Å²) in [5, 5.41) is 3.05. The van der Waals surface area contributed by atoms with Crippen LogP contribution in [-0.4, -0.2) is 41.2 Å². The monoisotopic (exact) mass is 432 g/mol. The number of carbonyl (C=O) groups excluding carboxylic acids is 4. The van der Waals surface area contributed by atoms with Gasteiger partial charge in [-0.25, -0.2) is 4.79 Å². The fraction of sp³-hybridized carbons (Fsp3) is 0.455. The number of benzene rings is 1. The molecule has 3 rings (SSSR count). The second-order valence-electron chi connectivity index (χ2n) is 8.01. The number of ether oxygens (including phenoxy) is 1. The van der Waals surface area contributed by atoms with Gasteiger partial charge in [0.05, 0.1) is 11.8 Å². The van der Waals surface area contributed by atoms with Crippen LogP contribution in [0.1, 0.15) is 33.1 Å². The number of allylic oxidation sites excluding steroid dienone is 2. The van der Waals surface area contributed by atoms with Crippen LogP contribution in [-0.2, 0) is 23.9 Å². The van der Waals surface area contributed by atoms with E-state index in [-0.39, 0.29) is 24.2 Å². The molecule has 7 nitrogen and oxygen atoms in total. The van der Waals surface area contributed by atoms with Crippen LogP contribution in [0.4, 0.5) is 5.69 Å². The van der Waals surface area contributed by atoms with Gasteiger partial charge in [0.1, 0.15) is 6.04 Å². The lowest BCUT2D eigenvalue weighted by molar-refractivity contribution is -0.160. The molecule has 1 saturated heterocycles. The predicted octanol–water partition coefficient (Wildman–Crippen LogP) is 3.19. The Morgan fingerprint density at radius 1 is 1.17 bits per heavy atom. The number of likely N-dealkylation sites (tertiary alicyclic amines) is 1. The largest absolute Gasteiger partial charge is 0.454 e. The molecule has 0 aromatic heterocycles. The number of amides is 3. The number of carbonyl (C=O) groups is 4. The SMILES string of the molecule is CC(C)CC(C(=O)OCC(=O)Nc1cccc(Cl)c1)N1C(=O)C2CC=CCC2C1=O. The van der Waals surface area contributed by atoms with E-state index in [4.69, 9.17) is 16.3 Å². The lowest BCUT2D eigenvalue weighted by Gasteiger charge is -2.26. The minimum atomic E-state index is -1.03. The summed E-state index contributed by atoms with van der Waals surface area (Å²) in [7, 11) is 0. The van der Waals surface area contributed by atoms with E-state index in [1.54, 1.807) is 24.3 Å². The van der Waals surface area contributed by atoms with E-state index in [1.807, 2.05) is 26.0 Å². The van der Waals surface area contributed by atoms with Crippen LogP contribution in [0, 0.1) is 17.8 Å². The first kappa shape index (κ1) is 22.0. The lowest BCUT2D eigenvalue weighted by atomic mass is 9.85. The highest BCUT2D eigenvalue weighted by atomic mass is 35.5. The highest BCUT2D eigenvalue weighted by molar-refractivity contribution is 6.30. The Labute approximate surface area is 180 Å². The van der Waals surface area contributed by atoms with Gasteiger partial charge in [-0.1, -0.05) is 43.7 Å². The standard InChI is InChI=1S/C22H25ClN2O5/c1-13(2)10-18(25-20(27)16-8-3-4-9-17(16)21(25)28)22(29)30-12-19(26)24-15-7-5-6-14(23)11-15/h3-7,11,13,16-18H,8-10,12H2,1-2H3,(H,24,26). The van der Waals surface area contributed by atoms with E-state index in [0.717, 1.165) is 4.90 Å². The van der Waals surface area contributed by atoms with Crippen LogP contribution in [0.25, 0.3) is 0 Å². The Balaban J connectivity index is 1.66. The highest BCUT2D eigenvalue weighted by Crippen LogP contribution is 2.37. The summed E-state index contributed by atoms with van der Waals surface area (Å²) in [5.41, 5.74) is 0.476. The summed E-state index contributed by atoms with van der Waals surface area (Å²) < 4.78 is 5.19. The van der Waals surface area contributed by atoms with Crippen molar-refractivity contribution in [1.82, 2.24) is 4.90 Å². The van der Waals surface area contributed by atoms with Crippen molar-refractivity contribution in [2.45, 2.75) is 39.2 Å². The first-order chi connectivity index (χ1) is 14.3. The van der Waals surface area contributed by atoms with Gasteiger partial charge in [-0.15, -0.1) is 0 Å². The molecule has 3 amide bonds. The van der Waals surface area contributed by atoms with Crippen LogP contribution in [0.5, 0.6) is 0 Å². The molecule has 1 heterocycles.